The van der Waals surface area contributed by atoms with E-state index in [0.29, 0.717) is 11.3 Å². The summed E-state index contributed by atoms with van der Waals surface area (Å²) in [5.74, 6) is -1.38. The fourth-order valence-electron chi connectivity index (χ4n) is 3.90. The summed E-state index contributed by atoms with van der Waals surface area (Å²) in [6, 6.07) is 12.5. The van der Waals surface area contributed by atoms with Crippen LogP contribution in [0.3, 0.4) is 0 Å². The molecule has 1 aliphatic heterocycles. The van der Waals surface area contributed by atoms with Crippen molar-refractivity contribution < 1.29 is 52.9 Å². The summed E-state index contributed by atoms with van der Waals surface area (Å²) in [7, 11) is -2.94. The van der Waals surface area contributed by atoms with Gasteiger partial charge in [0.05, 0.1) is 7.11 Å². The Morgan fingerprint density at radius 2 is 1.58 bits per heavy atom. The molecule has 206 valence electrons. The van der Waals surface area contributed by atoms with Crippen molar-refractivity contribution in [1.82, 2.24) is 0 Å². The number of methoxy groups -OCH3 is 1. The lowest BCUT2D eigenvalue weighted by atomic mass is 9.76. The van der Waals surface area contributed by atoms with Gasteiger partial charge in [0.1, 0.15) is 22.7 Å². The molecule has 1 atom stereocenters. The Labute approximate surface area is 213 Å². The van der Waals surface area contributed by atoms with Crippen LogP contribution in [0.2, 0.25) is 0 Å². The Hall–Kier alpha value is -3.68. The number of likely N-dealkylation sites (N-methyl/N-ethyl adjacent to an activating group) is 1. The highest BCUT2D eigenvalue weighted by Gasteiger charge is 2.50. The van der Waals surface area contributed by atoms with Gasteiger partial charge in [-0.2, -0.15) is 34.8 Å². The summed E-state index contributed by atoms with van der Waals surface area (Å²) in [6.45, 7) is 3.06. The highest BCUT2D eigenvalue weighted by atomic mass is 32.2. The number of hydrogen-bond acceptors (Lipinski definition) is 6. The minimum Gasteiger partial charge on any atom is -0.496 e. The molecule has 0 aliphatic carbocycles. The van der Waals surface area contributed by atoms with Gasteiger partial charge >= 0.3 is 21.8 Å². The van der Waals surface area contributed by atoms with Gasteiger partial charge in [-0.25, -0.2) is 0 Å². The third-order valence-electron chi connectivity index (χ3n) is 5.76. The molecule has 4 rings (SSSR count). The number of carbonyl (C=O) groups excluding carboxylic acids is 1. The number of nitrogens with zero attached hydrogens (tertiary/aromatic N) is 1. The van der Waals surface area contributed by atoms with E-state index in [4.69, 9.17) is 4.74 Å². The summed E-state index contributed by atoms with van der Waals surface area (Å²) in [6.07, 6.45) is -4.35. The first-order valence-corrected chi connectivity index (χ1v) is 12.0. The maximum Gasteiger partial charge on any atom is 0.534 e. The standard InChI is InChI=1S/C18H16F3NO5S.C6H5F3O/c1-17(12-6-4-5-7-14(12)22(2)16(17)23)13-10-11(8-9-15(13)26-3)27-28(24,25)18(19,20)21;1-4-2-3-5(10-4)6(7,8)9/h4-10H,1-3H3;2-3H,1H3. The summed E-state index contributed by atoms with van der Waals surface area (Å²) in [4.78, 5) is 14.5. The maximum atomic E-state index is 13.0. The van der Waals surface area contributed by atoms with Crippen LogP contribution in [-0.2, 0) is 26.5 Å². The zero-order valence-corrected chi connectivity index (χ0v) is 21.1. The second-order valence-corrected chi connectivity index (χ2v) is 9.80. The molecule has 1 unspecified atom stereocenters. The van der Waals surface area contributed by atoms with E-state index in [0.717, 1.165) is 18.2 Å². The number of aryl methyl sites for hydroxylation is 1. The molecule has 0 N–H and O–H groups in total. The SMILES string of the molecule is COc1ccc(OS(=O)(=O)C(F)(F)F)cc1C1(C)C(=O)N(C)c2ccccc21.Cc1ccc(C(F)(F)F)o1. The summed E-state index contributed by atoms with van der Waals surface area (Å²) < 4.78 is 110. The van der Waals surface area contributed by atoms with Crippen LogP contribution < -0.4 is 13.8 Å². The first-order valence-electron chi connectivity index (χ1n) is 10.6. The number of benzene rings is 2. The van der Waals surface area contributed by atoms with Crippen LogP contribution in [0.1, 0.15) is 29.6 Å². The zero-order valence-electron chi connectivity index (χ0n) is 20.3. The van der Waals surface area contributed by atoms with Gasteiger partial charge in [0.15, 0.2) is 0 Å². The average molecular weight is 565 g/mol. The summed E-state index contributed by atoms with van der Waals surface area (Å²) >= 11 is 0. The second kappa shape index (κ2) is 9.89. The van der Waals surface area contributed by atoms with E-state index in [-0.39, 0.29) is 23.0 Å². The molecule has 2 heterocycles. The van der Waals surface area contributed by atoms with Crippen LogP contribution in [-0.4, -0.2) is 34.0 Å². The Balaban J connectivity index is 0.000000336. The van der Waals surface area contributed by atoms with Crippen molar-refractivity contribution in [3.05, 3.63) is 77.2 Å². The van der Waals surface area contributed by atoms with Crippen molar-refractivity contribution in [3.8, 4) is 11.5 Å². The monoisotopic (exact) mass is 565 g/mol. The Bertz CT molecular complexity index is 1450. The first kappa shape index (κ1) is 28.9. The number of amides is 1. The fraction of sp³-hybridized carbons (Fsp3) is 0.292. The maximum absolute atomic E-state index is 13.0. The lowest BCUT2D eigenvalue weighted by Gasteiger charge is -2.26. The molecule has 0 fully saturated rings. The smallest absolute Gasteiger partial charge is 0.496 e. The number of halogens is 6. The van der Waals surface area contributed by atoms with Crippen LogP contribution in [0.5, 0.6) is 11.5 Å². The predicted molar refractivity (Wildman–Crippen MR) is 123 cm³/mol. The lowest BCUT2D eigenvalue weighted by Crippen LogP contribution is -2.37. The number of anilines is 1. The van der Waals surface area contributed by atoms with Crippen molar-refractivity contribution in [1.29, 1.82) is 0 Å². The largest absolute Gasteiger partial charge is 0.534 e. The topological polar surface area (TPSA) is 86.0 Å². The molecule has 1 aliphatic rings. The van der Waals surface area contributed by atoms with Gasteiger partial charge in [-0.1, -0.05) is 18.2 Å². The van der Waals surface area contributed by atoms with E-state index in [1.807, 2.05) is 0 Å². The van der Waals surface area contributed by atoms with Crippen LogP contribution >= 0.6 is 0 Å². The molecule has 1 aromatic heterocycles. The molecule has 14 heteroatoms. The van der Waals surface area contributed by atoms with Gasteiger partial charge in [0.25, 0.3) is 0 Å². The van der Waals surface area contributed by atoms with Gasteiger partial charge in [-0.05, 0) is 55.8 Å². The van der Waals surface area contributed by atoms with E-state index < -0.39 is 38.7 Å². The molecule has 3 aromatic rings. The normalized spacial score (nSPS) is 17.5. The molecule has 7 nitrogen and oxygen atoms in total. The quantitative estimate of drug-likeness (QED) is 0.225. The minimum atomic E-state index is -5.85. The number of rotatable bonds is 4. The second-order valence-electron chi connectivity index (χ2n) is 8.26. The number of carbonyl (C=O) groups is 1. The zero-order chi connectivity index (χ0) is 28.7. The fourth-order valence-corrected chi connectivity index (χ4v) is 4.35. The first-order chi connectivity index (χ1) is 17.4. The molecule has 0 spiro atoms. The molecular formula is C24H21F6NO6S. The van der Waals surface area contributed by atoms with E-state index >= 15 is 0 Å². The van der Waals surface area contributed by atoms with Gasteiger partial charge < -0.3 is 18.2 Å². The van der Waals surface area contributed by atoms with Crippen molar-refractivity contribution in [3.63, 3.8) is 0 Å². The average Bonchev–Trinajstić information content (AvgIpc) is 3.36. The van der Waals surface area contributed by atoms with E-state index in [9.17, 15) is 39.6 Å². The molecule has 2 aromatic carbocycles. The summed E-state index contributed by atoms with van der Waals surface area (Å²) in [5, 5.41) is 0. The third-order valence-corrected chi connectivity index (χ3v) is 6.73. The molecule has 0 bridgehead atoms. The molecule has 0 saturated carbocycles. The van der Waals surface area contributed by atoms with Crippen LogP contribution in [0.4, 0.5) is 32.0 Å². The highest BCUT2D eigenvalue weighted by Crippen LogP contribution is 2.48. The van der Waals surface area contributed by atoms with Gasteiger partial charge in [0.2, 0.25) is 11.7 Å². The van der Waals surface area contributed by atoms with Crippen molar-refractivity contribution in [2.24, 2.45) is 0 Å². The third kappa shape index (κ3) is 5.30. The van der Waals surface area contributed by atoms with E-state index in [1.165, 1.54) is 31.1 Å². The number of hydrogen-bond donors (Lipinski definition) is 0. The minimum absolute atomic E-state index is 0.187. The lowest BCUT2D eigenvalue weighted by molar-refractivity contribution is -0.153. The molecular weight excluding hydrogens is 544 g/mol. The van der Waals surface area contributed by atoms with Gasteiger partial charge in [-0.15, -0.1) is 0 Å². The van der Waals surface area contributed by atoms with Crippen LogP contribution in [0.25, 0.3) is 0 Å². The molecule has 1 amide bonds. The van der Waals surface area contributed by atoms with Crippen molar-refractivity contribution in [2.45, 2.75) is 30.9 Å². The number of furan rings is 1. The number of ether oxygens (including phenoxy) is 1. The van der Waals surface area contributed by atoms with Crippen LogP contribution in [0, 0.1) is 6.92 Å². The molecule has 0 saturated heterocycles. The van der Waals surface area contributed by atoms with Gasteiger partial charge in [0, 0.05) is 18.3 Å². The Morgan fingerprint density at radius 1 is 0.947 bits per heavy atom. The van der Waals surface area contributed by atoms with E-state index in [1.54, 1.807) is 38.2 Å². The van der Waals surface area contributed by atoms with Gasteiger partial charge in [-0.3, -0.25) is 4.79 Å². The van der Waals surface area contributed by atoms with Crippen molar-refractivity contribution >= 4 is 21.7 Å². The van der Waals surface area contributed by atoms with Crippen molar-refractivity contribution in [2.75, 3.05) is 19.1 Å². The van der Waals surface area contributed by atoms with Crippen LogP contribution in [0.15, 0.2) is 59.0 Å². The highest BCUT2D eigenvalue weighted by molar-refractivity contribution is 7.88. The number of alkyl halides is 6. The number of fused-ring (bicyclic) bond motifs is 1. The van der Waals surface area contributed by atoms with E-state index in [2.05, 4.69) is 8.60 Å². The summed E-state index contributed by atoms with van der Waals surface area (Å²) in [5.41, 5.74) is -5.46. The Morgan fingerprint density at radius 3 is 2.08 bits per heavy atom. The molecule has 38 heavy (non-hydrogen) atoms. The Kier molecular flexibility index (Phi) is 7.52. The molecule has 0 radical (unpaired) electrons. The number of para-hydroxylation sites is 1. The predicted octanol–water partition coefficient (Wildman–Crippen LogP) is 5.81.